The number of hydrogen-bond acceptors (Lipinski definition) is 7. The Morgan fingerprint density at radius 2 is 2.17 bits per heavy atom. The van der Waals surface area contributed by atoms with Crippen molar-refractivity contribution in [3.05, 3.63) is 58.0 Å². The number of furan rings is 1. The van der Waals surface area contributed by atoms with Crippen molar-refractivity contribution in [1.29, 1.82) is 0 Å². The van der Waals surface area contributed by atoms with Crippen molar-refractivity contribution in [2.75, 3.05) is 6.54 Å². The van der Waals surface area contributed by atoms with Gasteiger partial charge in [0.1, 0.15) is 5.75 Å². The van der Waals surface area contributed by atoms with Crippen LogP contribution in [0.5, 0.6) is 5.75 Å². The van der Waals surface area contributed by atoms with Gasteiger partial charge in [0.05, 0.1) is 23.9 Å². The summed E-state index contributed by atoms with van der Waals surface area (Å²) in [5.41, 5.74) is 1.94. The molecule has 0 fully saturated rings. The Balaban J connectivity index is 1.87. The van der Waals surface area contributed by atoms with E-state index in [0.29, 0.717) is 0 Å². The molecule has 0 aliphatic carbocycles. The molecular formula is C14H12N4O6. The molecule has 0 aliphatic heterocycles. The van der Waals surface area contributed by atoms with E-state index >= 15 is 0 Å². The van der Waals surface area contributed by atoms with Crippen LogP contribution in [0.25, 0.3) is 0 Å². The summed E-state index contributed by atoms with van der Waals surface area (Å²) in [6.07, 6.45) is 2.37. The first-order valence-corrected chi connectivity index (χ1v) is 6.58. The number of hydrogen-bond donors (Lipinski definition) is 3. The molecule has 0 unspecified atom stereocenters. The van der Waals surface area contributed by atoms with Crippen LogP contribution >= 0.6 is 0 Å². The molecule has 0 radical (unpaired) electrons. The Hall–Kier alpha value is -3.69. The van der Waals surface area contributed by atoms with Crippen LogP contribution in [0.4, 0.5) is 5.69 Å². The molecule has 2 rings (SSSR count). The largest absolute Gasteiger partial charge is 0.507 e. The highest BCUT2D eigenvalue weighted by Crippen LogP contribution is 2.21. The number of carbonyl (C=O) groups excluding carboxylic acids is 2. The summed E-state index contributed by atoms with van der Waals surface area (Å²) in [5, 5.41) is 26.1. The van der Waals surface area contributed by atoms with Gasteiger partial charge in [-0.1, -0.05) is 0 Å². The number of phenolic OH excluding ortho intramolecular Hbond substituents is 1. The summed E-state index contributed by atoms with van der Waals surface area (Å²) in [4.78, 5) is 33.1. The van der Waals surface area contributed by atoms with Gasteiger partial charge in [-0.2, -0.15) is 5.10 Å². The highest BCUT2D eigenvalue weighted by atomic mass is 16.6. The highest BCUT2D eigenvalue weighted by Gasteiger charge is 2.10. The fraction of sp³-hybridized carbons (Fsp3) is 0.0714. The van der Waals surface area contributed by atoms with Gasteiger partial charge in [0.25, 0.3) is 17.5 Å². The number of benzene rings is 1. The van der Waals surface area contributed by atoms with E-state index < -0.39 is 16.7 Å². The number of carbonyl (C=O) groups is 2. The lowest BCUT2D eigenvalue weighted by atomic mass is 10.2. The Labute approximate surface area is 134 Å². The van der Waals surface area contributed by atoms with E-state index in [1.54, 1.807) is 0 Å². The van der Waals surface area contributed by atoms with Crippen LogP contribution in [0.2, 0.25) is 0 Å². The monoisotopic (exact) mass is 332 g/mol. The fourth-order valence-electron chi connectivity index (χ4n) is 1.63. The van der Waals surface area contributed by atoms with Crippen molar-refractivity contribution in [1.82, 2.24) is 10.7 Å². The number of amides is 2. The van der Waals surface area contributed by atoms with Crippen LogP contribution in [0, 0.1) is 10.1 Å². The minimum atomic E-state index is -0.629. The van der Waals surface area contributed by atoms with Gasteiger partial charge < -0.3 is 14.8 Å². The van der Waals surface area contributed by atoms with E-state index in [2.05, 4.69) is 15.8 Å². The SMILES string of the molecule is O=C(CNC(=O)c1ccco1)N/N=C\c1cc([N+](=O)[O-])ccc1O. The Bertz CT molecular complexity index is 785. The Morgan fingerprint density at radius 3 is 2.83 bits per heavy atom. The summed E-state index contributed by atoms with van der Waals surface area (Å²) in [7, 11) is 0. The van der Waals surface area contributed by atoms with E-state index in [1.165, 1.54) is 18.4 Å². The second-order valence-corrected chi connectivity index (χ2v) is 4.45. The first-order valence-electron chi connectivity index (χ1n) is 6.58. The highest BCUT2D eigenvalue weighted by molar-refractivity contribution is 5.94. The van der Waals surface area contributed by atoms with Crippen molar-refractivity contribution >= 4 is 23.7 Å². The van der Waals surface area contributed by atoms with E-state index in [9.17, 15) is 24.8 Å². The molecule has 1 aromatic carbocycles. The Morgan fingerprint density at radius 1 is 1.38 bits per heavy atom. The number of hydrazone groups is 1. The maximum absolute atomic E-state index is 11.5. The molecular weight excluding hydrogens is 320 g/mol. The van der Waals surface area contributed by atoms with Gasteiger partial charge in [0, 0.05) is 17.7 Å². The maximum atomic E-state index is 11.5. The zero-order valence-electron chi connectivity index (χ0n) is 12.1. The van der Waals surface area contributed by atoms with Gasteiger partial charge in [-0.15, -0.1) is 0 Å². The number of rotatable bonds is 6. The molecule has 24 heavy (non-hydrogen) atoms. The molecule has 10 heteroatoms. The van der Waals surface area contributed by atoms with Crippen molar-refractivity contribution in [3.8, 4) is 5.75 Å². The van der Waals surface area contributed by atoms with Crippen LogP contribution in [0.15, 0.2) is 46.1 Å². The molecule has 0 aliphatic rings. The number of phenols is 1. The second kappa shape index (κ2) is 7.54. The van der Waals surface area contributed by atoms with Crippen molar-refractivity contribution in [2.45, 2.75) is 0 Å². The third-order valence-corrected chi connectivity index (χ3v) is 2.77. The molecule has 1 heterocycles. The van der Waals surface area contributed by atoms with E-state index in [-0.39, 0.29) is 29.3 Å². The molecule has 2 amide bonds. The van der Waals surface area contributed by atoms with Crippen molar-refractivity contribution in [3.63, 3.8) is 0 Å². The zero-order valence-corrected chi connectivity index (χ0v) is 12.1. The maximum Gasteiger partial charge on any atom is 0.287 e. The van der Waals surface area contributed by atoms with Crippen LogP contribution in [-0.4, -0.2) is 34.6 Å². The molecule has 0 spiro atoms. The van der Waals surface area contributed by atoms with Crippen LogP contribution in [-0.2, 0) is 4.79 Å². The topological polar surface area (TPSA) is 147 Å². The molecule has 0 bridgehead atoms. The van der Waals surface area contributed by atoms with Gasteiger partial charge in [-0.25, -0.2) is 5.43 Å². The summed E-state index contributed by atoms with van der Waals surface area (Å²) in [5.74, 6) is -1.36. The molecule has 10 nitrogen and oxygen atoms in total. The normalized spacial score (nSPS) is 10.5. The van der Waals surface area contributed by atoms with Gasteiger partial charge >= 0.3 is 0 Å². The predicted molar refractivity (Wildman–Crippen MR) is 81.5 cm³/mol. The average molecular weight is 332 g/mol. The van der Waals surface area contributed by atoms with Crippen LogP contribution < -0.4 is 10.7 Å². The summed E-state index contributed by atoms with van der Waals surface area (Å²) in [6.45, 7) is -0.349. The van der Waals surface area contributed by atoms with E-state index in [0.717, 1.165) is 24.4 Å². The third-order valence-electron chi connectivity index (χ3n) is 2.77. The number of nitro groups is 1. The summed E-state index contributed by atoms with van der Waals surface area (Å²) < 4.78 is 4.85. The van der Waals surface area contributed by atoms with Gasteiger partial charge in [-0.3, -0.25) is 19.7 Å². The number of aromatic hydroxyl groups is 1. The molecule has 0 saturated carbocycles. The van der Waals surface area contributed by atoms with Crippen LogP contribution in [0.3, 0.4) is 0 Å². The first kappa shape index (κ1) is 16.7. The number of non-ortho nitro benzene ring substituents is 1. The van der Waals surface area contributed by atoms with Gasteiger partial charge in [0.15, 0.2) is 5.76 Å². The lowest BCUT2D eigenvalue weighted by Gasteiger charge is -2.02. The fourth-order valence-corrected chi connectivity index (χ4v) is 1.63. The Kier molecular flexibility index (Phi) is 5.24. The minimum Gasteiger partial charge on any atom is -0.507 e. The van der Waals surface area contributed by atoms with E-state index in [4.69, 9.17) is 4.42 Å². The molecule has 0 atom stereocenters. The van der Waals surface area contributed by atoms with E-state index in [1.807, 2.05) is 0 Å². The summed E-state index contributed by atoms with van der Waals surface area (Å²) in [6, 6.07) is 6.35. The smallest absolute Gasteiger partial charge is 0.287 e. The number of nitro benzene ring substituents is 1. The molecule has 3 N–H and O–H groups in total. The molecule has 0 saturated heterocycles. The third kappa shape index (κ3) is 4.40. The first-order chi connectivity index (χ1) is 11.5. The standard InChI is InChI=1S/C14H12N4O6/c19-11-4-3-10(18(22)23)6-9(11)7-16-17-13(20)8-15-14(21)12-2-1-5-24-12/h1-7,19H,8H2,(H,15,21)(H,17,20)/b16-7-. The van der Waals surface area contributed by atoms with Crippen molar-refractivity contribution < 1.29 is 24.0 Å². The van der Waals surface area contributed by atoms with Gasteiger partial charge in [0.2, 0.25) is 0 Å². The predicted octanol–water partition coefficient (Wildman–Crippen LogP) is 0.773. The minimum absolute atomic E-state index is 0.0594. The van der Waals surface area contributed by atoms with Crippen LogP contribution in [0.1, 0.15) is 16.1 Å². The summed E-state index contributed by atoms with van der Waals surface area (Å²) >= 11 is 0. The number of nitrogens with one attached hydrogen (secondary N) is 2. The second-order valence-electron chi connectivity index (χ2n) is 4.45. The lowest BCUT2D eigenvalue weighted by molar-refractivity contribution is -0.384. The lowest BCUT2D eigenvalue weighted by Crippen LogP contribution is -2.34. The molecule has 1 aromatic heterocycles. The quantitative estimate of drug-likeness (QED) is 0.404. The number of nitrogens with zero attached hydrogens (tertiary/aromatic N) is 2. The van der Waals surface area contributed by atoms with Gasteiger partial charge in [-0.05, 0) is 18.2 Å². The van der Waals surface area contributed by atoms with Crippen molar-refractivity contribution in [2.24, 2.45) is 5.10 Å². The molecule has 124 valence electrons. The molecule has 2 aromatic rings. The average Bonchev–Trinajstić information content (AvgIpc) is 3.08. The zero-order chi connectivity index (χ0) is 17.5.